The number of hydrogen-bond donors (Lipinski definition) is 2. The van der Waals surface area contributed by atoms with E-state index < -0.39 is 0 Å². The Morgan fingerprint density at radius 3 is 2.77 bits per heavy atom. The first-order valence-electron chi connectivity index (χ1n) is 8.07. The molecular weight excluding hydrogens is 337 g/mol. The SMILES string of the molecule is COc1cc(C2CC(=O)Nc3c2cnn3-c2ccc(F)cc2)ccc1O. The van der Waals surface area contributed by atoms with Gasteiger partial charge in [0, 0.05) is 17.9 Å². The summed E-state index contributed by atoms with van der Waals surface area (Å²) >= 11 is 0. The highest BCUT2D eigenvalue weighted by molar-refractivity contribution is 5.94. The molecule has 1 atom stereocenters. The van der Waals surface area contributed by atoms with E-state index in [1.165, 1.54) is 19.2 Å². The number of hydrogen-bond acceptors (Lipinski definition) is 4. The van der Waals surface area contributed by atoms with Crippen LogP contribution in [0.3, 0.4) is 0 Å². The number of phenolic OH excluding ortho intramolecular Hbond substituents is 1. The van der Waals surface area contributed by atoms with Crippen LogP contribution in [0.4, 0.5) is 10.2 Å². The number of fused-ring (bicyclic) bond motifs is 1. The number of phenols is 1. The molecule has 7 heteroatoms. The van der Waals surface area contributed by atoms with Crippen molar-refractivity contribution < 1.29 is 19.0 Å². The molecule has 0 spiro atoms. The molecule has 26 heavy (non-hydrogen) atoms. The molecule has 1 aromatic heterocycles. The van der Waals surface area contributed by atoms with Gasteiger partial charge in [-0.2, -0.15) is 5.10 Å². The van der Waals surface area contributed by atoms with Crippen LogP contribution in [-0.2, 0) is 4.79 Å². The van der Waals surface area contributed by atoms with E-state index in [1.54, 1.807) is 41.2 Å². The fourth-order valence-corrected chi connectivity index (χ4v) is 3.21. The predicted octanol–water partition coefficient (Wildman–Crippen LogP) is 3.20. The Labute approximate surface area is 148 Å². The van der Waals surface area contributed by atoms with Gasteiger partial charge in [0.15, 0.2) is 11.5 Å². The number of carbonyl (C=O) groups excluding carboxylic acids is 1. The van der Waals surface area contributed by atoms with E-state index in [0.717, 1.165) is 11.1 Å². The van der Waals surface area contributed by atoms with Gasteiger partial charge < -0.3 is 15.2 Å². The first-order chi connectivity index (χ1) is 12.6. The van der Waals surface area contributed by atoms with Gasteiger partial charge in [-0.25, -0.2) is 9.07 Å². The number of rotatable bonds is 3. The first-order valence-corrected chi connectivity index (χ1v) is 8.07. The molecular formula is C19H16FN3O3. The summed E-state index contributed by atoms with van der Waals surface area (Å²) in [7, 11) is 1.48. The second kappa shape index (κ2) is 6.18. The van der Waals surface area contributed by atoms with Crippen molar-refractivity contribution in [2.75, 3.05) is 12.4 Å². The predicted molar refractivity (Wildman–Crippen MR) is 93.3 cm³/mol. The lowest BCUT2D eigenvalue weighted by atomic mass is 9.87. The standard InChI is InChI=1S/C19H16FN3O3/c1-26-17-8-11(2-7-16(17)24)14-9-18(25)22-19-15(14)10-21-23(19)13-5-3-12(20)4-6-13/h2-8,10,14,24H,9H2,1H3,(H,22,25). The molecule has 1 unspecified atom stereocenters. The van der Waals surface area contributed by atoms with Crippen molar-refractivity contribution in [1.82, 2.24) is 9.78 Å². The number of amides is 1. The number of benzene rings is 2. The number of nitrogens with one attached hydrogen (secondary N) is 1. The van der Waals surface area contributed by atoms with Gasteiger partial charge in [0.2, 0.25) is 5.91 Å². The Kier molecular flexibility index (Phi) is 3.84. The maximum Gasteiger partial charge on any atom is 0.226 e. The van der Waals surface area contributed by atoms with Crippen LogP contribution < -0.4 is 10.1 Å². The normalized spacial score (nSPS) is 16.1. The number of ether oxygens (including phenoxy) is 1. The molecule has 0 fully saturated rings. The molecule has 2 heterocycles. The van der Waals surface area contributed by atoms with Crippen LogP contribution in [0.15, 0.2) is 48.7 Å². The van der Waals surface area contributed by atoms with Crippen molar-refractivity contribution in [1.29, 1.82) is 0 Å². The molecule has 1 aliphatic rings. The molecule has 2 N–H and O–H groups in total. The lowest BCUT2D eigenvalue weighted by molar-refractivity contribution is -0.116. The summed E-state index contributed by atoms with van der Waals surface area (Å²) in [5.41, 5.74) is 2.34. The van der Waals surface area contributed by atoms with Crippen molar-refractivity contribution in [2.45, 2.75) is 12.3 Å². The van der Waals surface area contributed by atoms with Crippen molar-refractivity contribution in [3.63, 3.8) is 0 Å². The third kappa shape index (κ3) is 2.67. The maximum atomic E-state index is 13.2. The van der Waals surface area contributed by atoms with Gasteiger partial charge in [-0.05, 0) is 42.0 Å². The fourth-order valence-electron chi connectivity index (χ4n) is 3.21. The van der Waals surface area contributed by atoms with E-state index >= 15 is 0 Å². The first kappa shape index (κ1) is 16.1. The van der Waals surface area contributed by atoms with E-state index in [-0.39, 0.29) is 29.8 Å². The Morgan fingerprint density at radius 2 is 2.04 bits per heavy atom. The van der Waals surface area contributed by atoms with Crippen molar-refractivity contribution in [3.05, 3.63) is 65.6 Å². The quantitative estimate of drug-likeness (QED) is 0.758. The molecule has 0 bridgehead atoms. The molecule has 132 valence electrons. The second-order valence-electron chi connectivity index (χ2n) is 6.07. The summed E-state index contributed by atoms with van der Waals surface area (Å²) in [6, 6.07) is 10.9. The highest BCUT2D eigenvalue weighted by Gasteiger charge is 2.30. The summed E-state index contributed by atoms with van der Waals surface area (Å²) in [6.07, 6.45) is 1.96. The maximum absolute atomic E-state index is 13.2. The summed E-state index contributed by atoms with van der Waals surface area (Å²) in [4.78, 5) is 12.3. The minimum absolute atomic E-state index is 0.0405. The van der Waals surface area contributed by atoms with Crippen LogP contribution in [0.1, 0.15) is 23.5 Å². The molecule has 0 saturated carbocycles. The Balaban J connectivity index is 1.80. The van der Waals surface area contributed by atoms with Crippen LogP contribution in [0.25, 0.3) is 5.69 Å². The summed E-state index contributed by atoms with van der Waals surface area (Å²) in [5.74, 6) is 0.248. The highest BCUT2D eigenvalue weighted by atomic mass is 19.1. The van der Waals surface area contributed by atoms with E-state index in [0.29, 0.717) is 17.3 Å². The zero-order chi connectivity index (χ0) is 18.3. The number of methoxy groups -OCH3 is 1. The topological polar surface area (TPSA) is 76.4 Å². The van der Waals surface area contributed by atoms with Crippen molar-refractivity contribution in [2.24, 2.45) is 0 Å². The van der Waals surface area contributed by atoms with Gasteiger partial charge in [0.25, 0.3) is 0 Å². The minimum Gasteiger partial charge on any atom is -0.504 e. The number of halogens is 1. The Bertz CT molecular complexity index is 982. The molecule has 1 amide bonds. The Hall–Kier alpha value is -3.35. The molecule has 6 nitrogen and oxygen atoms in total. The average Bonchev–Trinajstić information content (AvgIpc) is 3.06. The molecule has 0 radical (unpaired) electrons. The van der Waals surface area contributed by atoms with E-state index in [4.69, 9.17) is 4.74 Å². The monoisotopic (exact) mass is 353 g/mol. The largest absolute Gasteiger partial charge is 0.504 e. The van der Waals surface area contributed by atoms with E-state index in [1.807, 2.05) is 0 Å². The smallest absolute Gasteiger partial charge is 0.226 e. The van der Waals surface area contributed by atoms with Gasteiger partial charge in [-0.15, -0.1) is 0 Å². The van der Waals surface area contributed by atoms with Gasteiger partial charge in [0.05, 0.1) is 19.0 Å². The number of nitrogens with zero attached hydrogens (tertiary/aromatic N) is 2. The molecule has 2 aromatic carbocycles. The van der Waals surface area contributed by atoms with Crippen LogP contribution in [-0.4, -0.2) is 27.9 Å². The van der Waals surface area contributed by atoms with Gasteiger partial charge in [-0.1, -0.05) is 6.07 Å². The second-order valence-corrected chi connectivity index (χ2v) is 6.07. The third-order valence-corrected chi connectivity index (χ3v) is 4.50. The van der Waals surface area contributed by atoms with Crippen molar-refractivity contribution in [3.8, 4) is 17.2 Å². The number of carbonyl (C=O) groups is 1. The molecule has 4 rings (SSSR count). The van der Waals surface area contributed by atoms with Crippen LogP contribution in [0, 0.1) is 5.82 Å². The number of aromatic nitrogens is 2. The zero-order valence-electron chi connectivity index (χ0n) is 13.9. The van der Waals surface area contributed by atoms with Crippen LogP contribution in [0.5, 0.6) is 11.5 Å². The molecule has 0 saturated heterocycles. The summed E-state index contributed by atoms with van der Waals surface area (Å²) in [6.45, 7) is 0. The molecule has 0 aliphatic carbocycles. The number of anilines is 1. The summed E-state index contributed by atoms with van der Waals surface area (Å²) in [5, 5.41) is 17.0. The molecule has 3 aromatic rings. The van der Waals surface area contributed by atoms with Crippen molar-refractivity contribution >= 4 is 11.7 Å². The third-order valence-electron chi connectivity index (χ3n) is 4.50. The van der Waals surface area contributed by atoms with E-state index in [2.05, 4.69) is 10.4 Å². The lowest BCUT2D eigenvalue weighted by Gasteiger charge is -2.24. The van der Waals surface area contributed by atoms with Crippen LogP contribution in [0.2, 0.25) is 0 Å². The minimum atomic E-state index is -0.340. The van der Waals surface area contributed by atoms with Gasteiger partial charge in [-0.3, -0.25) is 4.79 Å². The number of aromatic hydroxyl groups is 1. The average molecular weight is 353 g/mol. The zero-order valence-corrected chi connectivity index (χ0v) is 13.9. The highest BCUT2D eigenvalue weighted by Crippen LogP contribution is 2.40. The van der Waals surface area contributed by atoms with Gasteiger partial charge in [0.1, 0.15) is 11.6 Å². The molecule has 1 aliphatic heterocycles. The fraction of sp³-hybridized carbons (Fsp3) is 0.158. The van der Waals surface area contributed by atoms with Gasteiger partial charge >= 0.3 is 0 Å². The Morgan fingerprint density at radius 1 is 1.27 bits per heavy atom. The van der Waals surface area contributed by atoms with Crippen LogP contribution >= 0.6 is 0 Å². The lowest BCUT2D eigenvalue weighted by Crippen LogP contribution is -2.24. The van der Waals surface area contributed by atoms with E-state index in [9.17, 15) is 14.3 Å². The summed E-state index contributed by atoms with van der Waals surface area (Å²) < 4.78 is 19.9.